The summed E-state index contributed by atoms with van der Waals surface area (Å²) in [7, 11) is 0. The molecule has 0 N–H and O–H groups in total. The molecule has 1 unspecified atom stereocenters. The molecule has 3 rings (SSSR count). The highest BCUT2D eigenvalue weighted by atomic mass is 16.7. The molecule has 1 fully saturated rings. The molecule has 1 atom stereocenters. The second kappa shape index (κ2) is 4.51. The molecular formula is C13H13NO4. The Labute approximate surface area is 104 Å². The van der Waals surface area contributed by atoms with E-state index in [4.69, 9.17) is 9.57 Å². The summed E-state index contributed by atoms with van der Waals surface area (Å²) >= 11 is 0. The van der Waals surface area contributed by atoms with Gasteiger partial charge in [-0.1, -0.05) is 12.1 Å². The average Bonchev–Trinajstić information content (AvgIpc) is 2.98. The van der Waals surface area contributed by atoms with Gasteiger partial charge in [0.25, 0.3) is 11.8 Å². The fourth-order valence-electron chi connectivity index (χ4n) is 2.22. The van der Waals surface area contributed by atoms with Crippen molar-refractivity contribution in [2.75, 3.05) is 13.2 Å². The molecule has 18 heavy (non-hydrogen) atoms. The molecule has 94 valence electrons. The van der Waals surface area contributed by atoms with Crippen molar-refractivity contribution in [1.82, 2.24) is 5.06 Å². The Morgan fingerprint density at radius 2 is 1.89 bits per heavy atom. The fraction of sp³-hybridized carbons (Fsp3) is 0.385. The summed E-state index contributed by atoms with van der Waals surface area (Å²) < 4.78 is 5.39. The molecule has 1 aromatic carbocycles. The lowest BCUT2D eigenvalue weighted by Gasteiger charge is -2.16. The molecule has 2 aliphatic rings. The van der Waals surface area contributed by atoms with Gasteiger partial charge < -0.3 is 4.74 Å². The molecule has 0 aliphatic carbocycles. The highest BCUT2D eigenvalue weighted by Crippen LogP contribution is 2.23. The molecule has 2 amide bonds. The van der Waals surface area contributed by atoms with Gasteiger partial charge in [-0.15, -0.1) is 5.06 Å². The number of fused-ring (bicyclic) bond motifs is 1. The van der Waals surface area contributed by atoms with Gasteiger partial charge in [-0.2, -0.15) is 0 Å². The van der Waals surface area contributed by atoms with Gasteiger partial charge in [-0.3, -0.25) is 14.4 Å². The third-order valence-corrected chi connectivity index (χ3v) is 3.17. The number of imide groups is 1. The maximum atomic E-state index is 12.0. The van der Waals surface area contributed by atoms with Crippen molar-refractivity contribution in [1.29, 1.82) is 0 Å². The first-order chi connectivity index (χ1) is 8.77. The van der Waals surface area contributed by atoms with E-state index in [0.717, 1.165) is 24.5 Å². The quantitative estimate of drug-likeness (QED) is 0.757. The van der Waals surface area contributed by atoms with E-state index in [-0.39, 0.29) is 12.7 Å². The average molecular weight is 247 g/mol. The third-order valence-electron chi connectivity index (χ3n) is 3.17. The monoisotopic (exact) mass is 247 g/mol. The highest BCUT2D eigenvalue weighted by molar-refractivity contribution is 6.20. The third kappa shape index (κ3) is 1.81. The number of rotatable bonds is 3. The van der Waals surface area contributed by atoms with Crippen LogP contribution in [0.5, 0.6) is 0 Å². The van der Waals surface area contributed by atoms with E-state index in [1.807, 2.05) is 0 Å². The van der Waals surface area contributed by atoms with Crippen LogP contribution in [0, 0.1) is 0 Å². The molecular weight excluding hydrogens is 234 g/mol. The van der Waals surface area contributed by atoms with Crippen LogP contribution >= 0.6 is 0 Å². The Morgan fingerprint density at radius 3 is 2.44 bits per heavy atom. The van der Waals surface area contributed by atoms with Gasteiger partial charge in [0, 0.05) is 6.61 Å². The van der Waals surface area contributed by atoms with Crippen LogP contribution in [-0.4, -0.2) is 36.2 Å². The van der Waals surface area contributed by atoms with Crippen molar-refractivity contribution >= 4 is 11.8 Å². The fourth-order valence-corrected chi connectivity index (χ4v) is 2.22. The minimum atomic E-state index is -0.395. The van der Waals surface area contributed by atoms with Gasteiger partial charge in [-0.05, 0) is 25.0 Å². The van der Waals surface area contributed by atoms with Crippen molar-refractivity contribution in [3.05, 3.63) is 35.4 Å². The standard InChI is InChI=1S/C13H13NO4/c15-12-10-5-1-2-6-11(10)13(16)14(12)18-8-9-4-3-7-17-9/h1-2,5-6,9H,3-4,7-8H2. The van der Waals surface area contributed by atoms with Crippen molar-refractivity contribution in [3.63, 3.8) is 0 Å². The second-order valence-corrected chi connectivity index (χ2v) is 4.38. The first-order valence-corrected chi connectivity index (χ1v) is 5.99. The minimum Gasteiger partial charge on any atom is -0.376 e. The number of hydrogen-bond acceptors (Lipinski definition) is 4. The van der Waals surface area contributed by atoms with E-state index < -0.39 is 11.8 Å². The van der Waals surface area contributed by atoms with Crippen LogP contribution in [0.25, 0.3) is 0 Å². The van der Waals surface area contributed by atoms with Crippen LogP contribution < -0.4 is 0 Å². The largest absolute Gasteiger partial charge is 0.376 e. The molecule has 0 bridgehead atoms. The number of hydroxylamine groups is 2. The van der Waals surface area contributed by atoms with Crippen LogP contribution in [0.3, 0.4) is 0 Å². The summed E-state index contributed by atoms with van der Waals surface area (Å²) in [6.45, 7) is 0.960. The van der Waals surface area contributed by atoms with Crippen molar-refractivity contribution in [3.8, 4) is 0 Å². The van der Waals surface area contributed by atoms with Crippen molar-refractivity contribution in [2.45, 2.75) is 18.9 Å². The number of carbonyl (C=O) groups excluding carboxylic acids is 2. The van der Waals surface area contributed by atoms with Gasteiger partial charge >= 0.3 is 0 Å². The number of nitrogens with zero attached hydrogens (tertiary/aromatic N) is 1. The van der Waals surface area contributed by atoms with E-state index in [1.165, 1.54) is 0 Å². The Morgan fingerprint density at radius 1 is 1.22 bits per heavy atom. The summed E-state index contributed by atoms with van der Waals surface area (Å²) in [5.74, 6) is -0.790. The molecule has 0 aromatic heterocycles. The van der Waals surface area contributed by atoms with E-state index in [1.54, 1.807) is 24.3 Å². The van der Waals surface area contributed by atoms with Crippen LogP contribution in [0.4, 0.5) is 0 Å². The lowest BCUT2D eigenvalue weighted by molar-refractivity contribution is -0.118. The van der Waals surface area contributed by atoms with E-state index in [0.29, 0.717) is 11.1 Å². The first kappa shape index (κ1) is 11.4. The smallest absolute Gasteiger partial charge is 0.285 e. The molecule has 2 heterocycles. The Kier molecular flexibility index (Phi) is 2.85. The van der Waals surface area contributed by atoms with Gasteiger partial charge in [-0.25, -0.2) is 0 Å². The van der Waals surface area contributed by atoms with Gasteiger partial charge in [0.05, 0.1) is 17.2 Å². The van der Waals surface area contributed by atoms with E-state index >= 15 is 0 Å². The lowest BCUT2D eigenvalue weighted by atomic mass is 10.1. The highest BCUT2D eigenvalue weighted by Gasteiger charge is 2.37. The predicted octanol–water partition coefficient (Wildman–Crippen LogP) is 1.39. The number of amides is 2. The van der Waals surface area contributed by atoms with E-state index in [9.17, 15) is 9.59 Å². The topological polar surface area (TPSA) is 55.8 Å². The summed E-state index contributed by atoms with van der Waals surface area (Å²) in [6, 6.07) is 6.72. The van der Waals surface area contributed by atoms with Gasteiger partial charge in [0.15, 0.2) is 0 Å². The van der Waals surface area contributed by atoms with Crippen LogP contribution in [0.15, 0.2) is 24.3 Å². The molecule has 0 saturated carbocycles. The zero-order chi connectivity index (χ0) is 12.5. The van der Waals surface area contributed by atoms with Crippen LogP contribution in [0.1, 0.15) is 33.6 Å². The first-order valence-electron chi connectivity index (χ1n) is 5.99. The molecule has 1 saturated heterocycles. The Hall–Kier alpha value is -1.72. The zero-order valence-corrected chi connectivity index (χ0v) is 9.80. The maximum absolute atomic E-state index is 12.0. The molecule has 0 spiro atoms. The number of ether oxygens (including phenoxy) is 1. The summed E-state index contributed by atoms with van der Waals surface area (Å²) in [4.78, 5) is 29.2. The van der Waals surface area contributed by atoms with Crippen molar-refractivity contribution < 1.29 is 19.2 Å². The molecule has 1 aromatic rings. The molecule has 5 heteroatoms. The normalized spacial score (nSPS) is 22.7. The number of benzene rings is 1. The Balaban J connectivity index is 1.71. The summed E-state index contributed by atoms with van der Waals surface area (Å²) in [6.07, 6.45) is 1.88. The second-order valence-electron chi connectivity index (χ2n) is 4.38. The Bertz CT molecular complexity index is 459. The lowest BCUT2D eigenvalue weighted by Crippen LogP contribution is -2.33. The number of hydrogen-bond donors (Lipinski definition) is 0. The number of carbonyl (C=O) groups is 2. The SMILES string of the molecule is O=C1c2ccccc2C(=O)N1OCC1CCCO1. The summed E-state index contributed by atoms with van der Waals surface area (Å²) in [5.41, 5.74) is 0.796. The molecule has 5 nitrogen and oxygen atoms in total. The van der Waals surface area contributed by atoms with E-state index in [2.05, 4.69) is 0 Å². The van der Waals surface area contributed by atoms with Crippen LogP contribution in [0.2, 0.25) is 0 Å². The summed E-state index contributed by atoms with van der Waals surface area (Å²) in [5, 5.41) is 0.840. The van der Waals surface area contributed by atoms with Gasteiger partial charge in [0.1, 0.15) is 6.61 Å². The minimum absolute atomic E-state index is 0.0192. The molecule has 2 aliphatic heterocycles. The molecule has 0 radical (unpaired) electrons. The predicted molar refractivity (Wildman–Crippen MR) is 61.9 cm³/mol. The maximum Gasteiger partial charge on any atom is 0.285 e. The van der Waals surface area contributed by atoms with Crippen LogP contribution in [-0.2, 0) is 9.57 Å². The zero-order valence-electron chi connectivity index (χ0n) is 9.80. The van der Waals surface area contributed by atoms with Gasteiger partial charge in [0.2, 0.25) is 0 Å². The van der Waals surface area contributed by atoms with Crippen molar-refractivity contribution in [2.24, 2.45) is 0 Å².